The minimum atomic E-state index is -0.446. The van der Waals surface area contributed by atoms with Crippen molar-refractivity contribution in [2.24, 2.45) is 5.92 Å². The van der Waals surface area contributed by atoms with Crippen LogP contribution in [0.1, 0.15) is 62.9 Å². The molecule has 0 aliphatic heterocycles. The molecular weight excluding hydrogens is 242 g/mol. The Morgan fingerprint density at radius 1 is 1.37 bits per heavy atom. The zero-order valence-corrected chi connectivity index (χ0v) is 12.6. The molecule has 2 N–H and O–H groups in total. The molecule has 0 aliphatic rings. The second-order valence-corrected chi connectivity index (χ2v) is 5.30. The molecule has 5 nitrogen and oxygen atoms in total. The minimum Gasteiger partial charge on any atom is -0.461 e. The van der Waals surface area contributed by atoms with Crippen molar-refractivity contribution in [3.63, 3.8) is 0 Å². The van der Waals surface area contributed by atoms with E-state index in [4.69, 9.17) is 10.5 Å². The maximum Gasteiger partial charge on any atom is 0.360 e. The number of rotatable bonds is 6. The average Bonchev–Trinajstić information content (AvgIpc) is 2.62. The number of aromatic nitrogens is 2. The van der Waals surface area contributed by atoms with Crippen LogP contribution in [0.5, 0.6) is 0 Å². The number of ether oxygens (including phenoxy) is 1. The Kier molecular flexibility index (Phi) is 5.39. The number of esters is 1. The van der Waals surface area contributed by atoms with Crippen LogP contribution in [0.25, 0.3) is 0 Å². The van der Waals surface area contributed by atoms with E-state index in [0.717, 1.165) is 18.7 Å². The lowest BCUT2D eigenvalue weighted by Crippen LogP contribution is -2.13. The molecule has 0 aliphatic carbocycles. The molecule has 0 saturated carbocycles. The normalized spacial score (nSPS) is 12.7. The molecule has 0 bridgehead atoms. The number of aryl methyl sites for hydroxylation is 1. The summed E-state index contributed by atoms with van der Waals surface area (Å²) in [6, 6.07) is 0.234. The van der Waals surface area contributed by atoms with Gasteiger partial charge in [-0.25, -0.2) is 9.78 Å². The molecule has 108 valence electrons. The summed E-state index contributed by atoms with van der Waals surface area (Å²) in [6.45, 7) is 10.4. The van der Waals surface area contributed by atoms with Crippen LogP contribution in [0.4, 0.5) is 5.82 Å². The van der Waals surface area contributed by atoms with Gasteiger partial charge in [-0.3, -0.25) is 0 Å². The number of nitrogens with zero attached hydrogens (tertiary/aromatic N) is 2. The molecule has 1 atom stereocenters. The topological polar surface area (TPSA) is 70.1 Å². The average molecular weight is 267 g/mol. The van der Waals surface area contributed by atoms with E-state index < -0.39 is 5.97 Å². The number of hydrogen-bond donors (Lipinski definition) is 1. The predicted octanol–water partition coefficient (Wildman–Crippen LogP) is 2.95. The quantitative estimate of drug-likeness (QED) is 0.804. The first-order chi connectivity index (χ1) is 8.88. The van der Waals surface area contributed by atoms with E-state index in [1.807, 2.05) is 11.5 Å². The smallest absolute Gasteiger partial charge is 0.360 e. The summed E-state index contributed by atoms with van der Waals surface area (Å²) in [5, 5.41) is 0. The molecule has 0 aromatic carbocycles. The molecule has 1 unspecified atom stereocenters. The van der Waals surface area contributed by atoms with Gasteiger partial charge in [0.1, 0.15) is 11.6 Å². The van der Waals surface area contributed by atoms with E-state index in [1.165, 1.54) is 0 Å². The number of hydrogen-bond acceptors (Lipinski definition) is 4. The Morgan fingerprint density at radius 2 is 2.00 bits per heavy atom. The van der Waals surface area contributed by atoms with Crippen LogP contribution >= 0.6 is 0 Å². The first-order valence-corrected chi connectivity index (χ1v) is 6.89. The van der Waals surface area contributed by atoms with Gasteiger partial charge in [0.05, 0.1) is 6.61 Å². The second kappa shape index (κ2) is 6.59. The molecular formula is C14H25N3O2. The van der Waals surface area contributed by atoms with Crippen LogP contribution in [-0.4, -0.2) is 22.1 Å². The molecule has 0 fully saturated rings. The molecule has 0 amide bonds. The van der Waals surface area contributed by atoms with Crippen LogP contribution in [0.3, 0.4) is 0 Å². The Hall–Kier alpha value is -1.52. The van der Waals surface area contributed by atoms with Crippen LogP contribution in [0.15, 0.2) is 0 Å². The molecule has 1 rings (SSSR count). The maximum atomic E-state index is 11.7. The molecule has 1 aromatic heterocycles. The Labute approximate surface area is 115 Å². The highest BCUT2D eigenvalue weighted by Gasteiger charge is 2.22. The zero-order valence-electron chi connectivity index (χ0n) is 12.6. The van der Waals surface area contributed by atoms with Crippen LogP contribution in [0, 0.1) is 12.8 Å². The zero-order chi connectivity index (χ0) is 14.6. The maximum absolute atomic E-state index is 11.7. The van der Waals surface area contributed by atoms with Crippen molar-refractivity contribution < 1.29 is 9.53 Å². The summed E-state index contributed by atoms with van der Waals surface area (Å²) in [7, 11) is 0. The van der Waals surface area contributed by atoms with Gasteiger partial charge in [-0.2, -0.15) is 0 Å². The van der Waals surface area contributed by atoms with Crippen LogP contribution < -0.4 is 5.73 Å². The molecule has 0 saturated heterocycles. The van der Waals surface area contributed by atoms with Crippen molar-refractivity contribution in [2.75, 3.05) is 12.3 Å². The predicted molar refractivity (Wildman–Crippen MR) is 76.1 cm³/mol. The highest BCUT2D eigenvalue weighted by Crippen LogP contribution is 2.25. The van der Waals surface area contributed by atoms with E-state index in [9.17, 15) is 4.79 Å². The highest BCUT2D eigenvalue weighted by molar-refractivity contribution is 5.92. The first kappa shape index (κ1) is 15.5. The largest absolute Gasteiger partial charge is 0.461 e. The lowest BCUT2D eigenvalue weighted by molar-refractivity contribution is 0.0521. The Morgan fingerprint density at radius 3 is 2.53 bits per heavy atom. The van der Waals surface area contributed by atoms with E-state index in [-0.39, 0.29) is 11.7 Å². The summed E-state index contributed by atoms with van der Waals surface area (Å²) in [5.41, 5.74) is 6.27. The number of carbonyl (C=O) groups is 1. The molecule has 5 heteroatoms. The Balaban J connectivity index is 2.93. The van der Waals surface area contributed by atoms with E-state index >= 15 is 0 Å². The van der Waals surface area contributed by atoms with Crippen molar-refractivity contribution in [3.05, 3.63) is 11.5 Å². The fourth-order valence-electron chi connectivity index (χ4n) is 2.17. The highest BCUT2D eigenvalue weighted by atomic mass is 16.5. The van der Waals surface area contributed by atoms with Crippen LogP contribution in [0.2, 0.25) is 0 Å². The number of nitrogen functional groups attached to an aromatic ring is 1. The van der Waals surface area contributed by atoms with Crippen molar-refractivity contribution >= 4 is 11.8 Å². The third-order valence-electron chi connectivity index (χ3n) is 3.20. The summed E-state index contributed by atoms with van der Waals surface area (Å²) >= 11 is 0. The van der Waals surface area contributed by atoms with Gasteiger partial charge in [-0.05, 0) is 39.5 Å². The summed E-state index contributed by atoms with van der Waals surface area (Å²) in [6.07, 6.45) is 2.13. The van der Waals surface area contributed by atoms with E-state index in [1.54, 1.807) is 6.92 Å². The number of imidazole rings is 1. The van der Waals surface area contributed by atoms with Gasteiger partial charge in [0.15, 0.2) is 5.69 Å². The van der Waals surface area contributed by atoms with E-state index in [2.05, 4.69) is 25.8 Å². The van der Waals surface area contributed by atoms with Gasteiger partial charge in [0.2, 0.25) is 0 Å². The third kappa shape index (κ3) is 3.72. The summed E-state index contributed by atoms with van der Waals surface area (Å²) < 4.78 is 6.89. The SMILES string of the molecule is CCOC(=O)c1nc(C)n(C(C)CCC(C)C)c1N. The minimum absolute atomic E-state index is 0.232. The lowest BCUT2D eigenvalue weighted by Gasteiger charge is -2.17. The van der Waals surface area contributed by atoms with Crippen molar-refractivity contribution in [2.45, 2.75) is 53.5 Å². The van der Waals surface area contributed by atoms with Crippen LogP contribution in [-0.2, 0) is 4.74 Å². The fraction of sp³-hybridized carbons (Fsp3) is 0.714. The molecule has 1 heterocycles. The summed E-state index contributed by atoms with van der Waals surface area (Å²) in [5.74, 6) is 1.37. The number of anilines is 1. The monoisotopic (exact) mass is 267 g/mol. The van der Waals surface area contributed by atoms with Gasteiger partial charge in [-0.1, -0.05) is 13.8 Å². The standard InChI is InChI=1S/C14H25N3O2/c1-6-19-14(18)12-13(15)17(11(5)16-12)10(4)8-7-9(2)3/h9-10H,6-8,15H2,1-5H3. The van der Waals surface area contributed by atoms with Gasteiger partial charge in [0, 0.05) is 6.04 Å². The third-order valence-corrected chi connectivity index (χ3v) is 3.20. The number of carbonyl (C=O) groups excluding carboxylic acids is 1. The molecule has 0 radical (unpaired) electrons. The lowest BCUT2D eigenvalue weighted by atomic mass is 10.0. The molecule has 0 spiro atoms. The summed E-state index contributed by atoms with van der Waals surface area (Å²) in [4.78, 5) is 16.0. The number of nitrogens with two attached hydrogens (primary N) is 1. The van der Waals surface area contributed by atoms with Gasteiger partial charge in [-0.15, -0.1) is 0 Å². The second-order valence-electron chi connectivity index (χ2n) is 5.30. The van der Waals surface area contributed by atoms with Crippen molar-refractivity contribution in [3.8, 4) is 0 Å². The Bertz CT molecular complexity index is 438. The van der Waals surface area contributed by atoms with Crippen molar-refractivity contribution in [1.82, 2.24) is 9.55 Å². The fourth-order valence-corrected chi connectivity index (χ4v) is 2.17. The van der Waals surface area contributed by atoms with E-state index in [0.29, 0.717) is 18.3 Å². The van der Waals surface area contributed by atoms with Gasteiger partial charge < -0.3 is 15.0 Å². The van der Waals surface area contributed by atoms with Crippen molar-refractivity contribution in [1.29, 1.82) is 0 Å². The molecule has 19 heavy (non-hydrogen) atoms. The van der Waals surface area contributed by atoms with Gasteiger partial charge >= 0.3 is 5.97 Å². The molecule has 1 aromatic rings. The van der Waals surface area contributed by atoms with Gasteiger partial charge in [0.25, 0.3) is 0 Å². The first-order valence-electron chi connectivity index (χ1n) is 6.89.